The maximum atomic E-state index is 12.7. The average Bonchev–Trinajstić information content (AvgIpc) is 2.89. The highest BCUT2D eigenvalue weighted by Gasteiger charge is 2.35. The lowest BCUT2D eigenvalue weighted by Gasteiger charge is -2.16. The Bertz CT molecular complexity index is 584. The topological polar surface area (TPSA) is 49.8 Å². The molecule has 114 valence electrons. The van der Waals surface area contributed by atoms with Gasteiger partial charge in [0.05, 0.1) is 0 Å². The Balaban J connectivity index is 2.15. The summed E-state index contributed by atoms with van der Waals surface area (Å²) in [5.74, 6) is -0.869. The van der Waals surface area contributed by atoms with Gasteiger partial charge in [0.15, 0.2) is 0 Å². The summed E-state index contributed by atoms with van der Waals surface area (Å²) in [6.07, 6.45) is -3.86. The normalized spacial score (nSPS) is 13.0. The molecule has 4 nitrogen and oxygen atoms in total. The summed E-state index contributed by atoms with van der Waals surface area (Å²) in [5.41, 5.74) is 1.14. The number of nitrogens with one attached hydrogen (secondary N) is 2. The summed E-state index contributed by atoms with van der Waals surface area (Å²) in [4.78, 5) is 6.96. The maximum Gasteiger partial charge on any atom is 0.451 e. The van der Waals surface area contributed by atoms with Gasteiger partial charge < -0.3 is 10.6 Å². The predicted molar refractivity (Wildman–Crippen MR) is 77.7 cm³/mol. The molecular formula is C13H15F3N4S. The van der Waals surface area contributed by atoms with Crippen LogP contribution in [-0.2, 0) is 12.6 Å². The first-order chi connectivity index (χ1) is 9.88. The van der Waals surface area contributed by atoms with Crippen molar-refractivity contribution in [2.45, 2.75) is 25.6 Å². The number of halogens is 3. The number of nitrogens with zero attached hydrogens (tertiary/aromatic N) is 2. The Morgan fingerprint density at radius 1 is 1.29 bits per heavy atom. The van der Waals surface area contributed by atoms with E-state index in [0.717, 1.165) is 5.56 Å². The quantitative estimate of drug-likeness (QED) is 0.884. The molecule has 2 aromatic heterocycles. The van der Waals surface area contributed by atoms with Gasteiger partial charge >= 0.3 is 6.18 Å². The minimum absolute atomic E-state index is 0.0414. The van der Waals surface area contributed by atoms with Gasteiger partial charge in [0.2, 0.25) is 5.82 Å². The molecule has 0 aliphatic heterocycles. The van der Waals surface area contributed by atoms with Crippen molar-refractivity contribution in [3.63, 3.8) is 0 Å². The van der Waals surface area contributed by atoms with Crippen LogP contribution in [0.2, 0.25) is 0 Å². The molecule has 0 bridgehead atoms. The van der Waals surface area contributed by atoms with Gasteiger partial charge in [0.1, 0.15) is 11.6 Å². The fourth-order valence-electron chi connectivity index (χ4n) is 1.84. The fourth-order valence-corrected chi connectivity index (χ4v) is 2.52. The highest BCUT2D eigenvalue weighted by molar-refractivity contribution is 7.07. The van der Waals surface area contributed by atoms with E-state index in [2.05, 4.69) is 20.6 Å². The molecule has 2 N–H and O–H groups in total. The lowest BCUT2D eigenvalue weighted by molar-refractivity contribution is -0.144. The molecule has 2 rings (SSSR count). The number of hydrogen-bond donors (Lipinski definition) is 2. The maximum absolute atomic E-state index is 12.7. The summed E-state index contributed by atoms with van der Waals surface area (Å²) in [6, 6.07) is 3.41. The van der Waals surface area contributed by atoms with E-state index in [1.807, 2.05) is 23.8 Å². The molecule has 0 radical (unpaired) electrons. The van der Waals surface area contributed by atoms with Gasteiger partial charge in [0.25, 0.3) is 0 Å². The van der Waals surface area contributed by atoms with Crippen LogP contribution in [0.5, 0.6) is 0 Å². The van der Waals surface area contributed by atoms with E-state index in [1.165, 1.54) is 13.1 Å². The molecule has 0 aliphatic carbocycles. The number of anilines is 2. The molecule has 0 aromatic carbocycles. The largest absolute Gasteiger partial charge is 0.451 e. The molecule has 0 amide bonds. The molecular weight excluding hydrogens is 301 g/mol. The van der Waals surface area contributed by atoms with Crippen molar-refractivity contribution in [2.75, 3.05) is 17.7 Å². The van der Waals surface area contributed by atoms with Crippen LogP contribution < -0.4 is 10.6 Å². The van der Waals surface area contributed by atoms with Crippen LogP contribution in [0.15, 0.2) is 22.9 Å². The summed E-state index contributed by atoms with van der Waals surface area (Å²) >= 11 is 1.59. The van der Waals surface area contributed by atoms with Gasteiger partial charge in [-0.2, -0.15) is 24.5 Å². The van der Waals surface area contributed by atoms with Crippen LogP contribution >= 0.6 is 11.3 Å². The molecule has 2 aromatic rings. The Labute approximate surface area is 124 Å². The SMILES string of the molecule is CNc1cc(NC(C)Cc2ccsc2)nc(C(F)(F)F)n1. The number of aromatic nitrogens is 2. The van der Waals surface area contributed by atoms with Crippen LogP contribution in [0.1, 0.15) is 18.3 Å². The average molecular weight is 316 g/mol. The van der Waals surface area contributed by atoms with Crippen LogP contribution in [0.3, 0.4) is 0 Å². The molecule has 8 heteroatoms. The fraction of sp³-hybridized carbons (Fsp3) is 0.385. The van der Waals surface area contributed by atoms with Crippen LogP contribution in [0.25, 0.3) is 0 Å². The second-order valence-electron chi connectivity index (χ2n) is 4.59. The predicted octanol–water partition coefficient (Wildman–Crippen LogP) is 3.64. The Kier molecular flexibility index (Phi) is 4.66. The number of hydrogen-bond acceptors (Lipinski definition) is 5. The summed E-state index contributed by atoms with van der Waals surface area (Å²) in [7, 11) is 1.51. The highest BCUT2D eigenvalue weighted by atomic mass is 32.1. The van der Waals surface area contributed by atoms with Crippen molar-refractivity contribution in [3.05, 3.63) is 34.3 Å². The zero-order valence-electron chi connectivity index (χ0n) is 11.5. The molecule has 1 atom stereocenters. The van der Waals surface area contributed by atoms with Gasteiger partial charge in [-0.15, -0.1) is 0 Å². The van der Waals surface area contributed by atoms with Crippen molar-refractivity contribution in [1.82, 2.24) is 9.97 Å². The van der Waals surface area contributed by atoms with Gasteiger partial charge in [-0.05, 0) is 35.7 Å². The molecule has 1 unspecified atom stereocenters. The van der Waals surface area contributed by atoms with E-state index in [0.29, 0.717) is 6.42 Å². The molecule has 21 heavy (non-hydrogen) atoms. The van der Waals surface area contributed by atoms with E-state index in [9.17, 15) is 13.2 Å². The molecule has 0 saturated carbocycles. The Hall–Kier alpha value is -1.83. The lowest BCUT2D eigenvalue weighted by atomic mass is 10.1. The van der Waals surface area contributed by atoms with E-state index in [-0.39, 0.29) is 17.7 Å². The van der Waals surface area contributed by atoms with E-state index in [1.54, 1.807) is 11.3 Å². The van der Waals surface area contributed by atoms with Gasteiger partial charge in [0, 0.05) is 19.2 Å². The van der Waals surface area contributed by atoms with E-state index >= 15 is 0 Å². The van der Waals surface area contributed by atoms with Crippen LogP contribution in [0.4, 0.5) is 24.8 Å². The molecule has 0 saturated heterocycles. The summed E-state index contributed by atoms with van der Waals surface area (Å²) < 4.78 is 38.2. The third kappa shape index (κ3) is 4.32. The van der Waals surface area contributed by atoms with Gasteiger partial charge in [-0.1, -0.05) is 0 Å². The smallest absolute Gasteiger partial charge is 0.373 e. The zero-order chi connectivity index (χ0) is 15.5. The first kappa shape index (κ1) is 15.6. The Morgan fingerprint density at radius 3 is 2.57 bits per heavy atom. The molecule has 2 heterocycles. The first-order valence-electron chi connectivity index (χ1n) is 6.30. The van der Waals surface area contributed by atoms with Crippen molar-refractivity contribution in [2.24, 2.45) is 0 Å². The third-order valence-corrected chi connectivity index (χ3v) is 3.48. The van der Waals surface area contributed by atoms with Crippen molar-refractivity contribution >= 4 is 23.0 Å². The van der Waals surface area contributed by atoms with E-state index in [4.69, 9.17) is 0 Å². The molecule has 0 spiro atoms. The minimum atomic E-state index is -4.57. The second-order valence-corrected chi connectivity index (χ2v) is 5.37. The number of alkyl halides is 3. The highest BCUT2D eigenvalue weighted by Crippen LogP contribution is 2.28. The van der Waals surface area contributed by atoms with Crippen LogP contribution in [0, 0.1) is 0 Å². The third-order valence-electron chi connectivity index (χ3n) is 2.75. The van der Waals surface area contributed by atoms with Gasteiger partial charge in [-0.25, -0.2) is 9.97 Å². The monoisotopic (exact) mass is 316 g/mol. The number of thiophene rings is 1. The standard InChI is InChI=1S/C13H15F3N4S/c1-8(5-9-3-4-21-7-9)18-11-6-10(17-2)19-12(20-11)13(14,15)16/h3-4,6-8H,5H2,1-2H3,(H2,17,18,19,20). The van der Waals surface area contributed by atoms with E-state index < -0.39 is 12.0 Å². The van der Waals surface area contributed by atoms with Crippen LogP contribution in [-0.4, -0.2) is 23.1 Å². The Morgan fingerprint density at radius 2 is 2.00 bits per heavy atom. The zero-order valence-corrected chi connectivity index (χ0v) is 12.3. The minimum Gasteiger partial charge on any atom is -0.373 e. The number of rotatable bonds is 5. The van der Waals surface area contributed by atoms with Crippen molar-refractivity contribution in [3.8, 4) is 0 Å². The van der Waals surface area contributed by atoms with Gasteiger partial charge in [-0.3, -0.25) is 0 Å². The summed E-state index contributed by atoms with van der Waals surface area (Å²) in [6.45, 7) is 1.89. The molecule has 0 fully saturated rings. The summed E-state index contributed by atoms with van der Waals surface area (Å²) in [5, 5.41) is 9.57. The molecule has 0 aliphatic rings. The van der Waals surface area contributed by atoms with Crippen molar-refractivity contribution < 1.29 is 13.2 Å². The second kappa shape index (κ2) is 6.30. The van der Waals surface area contributed by atoms with Crippen molar-refractivity contribution in [1.29, 1.82) is 0 Å². The first-order valence-corrected chi connectivity index (χ1v) is 7.24. The lowest BCUT2D eigenvalue weighted by Crippen LogP contribution is -2.21.